The van der Waals surface area contributed by atoms with Crippen LogP contribution < -0.4 is 4.74 Å². The van der Waals surface area contributed by atoms with Gasteiger partial charge >= 0.3 is 0 Å². The third-order valence-electron chi connectivity index (χ3n) is 4.66. The number of non-ortho nitro benzene ring substituents is 1. The number of rotatable bonds is 3. The predicted molar refractivity (Wildman–Crippen MR) is 94.4 cm³/mol. The molecule has 0 aliphatic heterocycles. The van der Waals surface area contributed by atoms with Crippen LogP contribution >= 0.6 is 0 Å². The number of ether oxygens (including phenoxy) is 1. The Bertz CT molecular complexity index is 992. The number of nitro benzene ring substituents is 1. The quantitative estimate of drug-likeness (QED) is 0.538. The van der Waals surface area contributed by atoms with Crippen LogP contribution in [0.25, 0.3) is 16.9 Å². The summed E-state index contributed by atoms with van der Waals surface area (Å²) in [4.78, 5) is 10.5. The van der Waals surface area contributed by atoms with Crippen molar-refractivity contribution < 1.29 is 9.66 Å². The summed E-state index contributed by atoms with van der Waals surface area (Å²) in [5.41, 5.74) is 6.30. The predicted octanol–water partition coefficient (Wildman–Crippen LogP) is 3.86. The molecular weight excluding hydrogens is 318 g/mol. The van der Waals surface area contributed by atoms with Gasteiger partial charge in [-0.3, -0.25) is 10.1 Å². The lowest BCUT2D eigenvalue weighted by Gasteiger charge is -2.15. The monoisotopic (exact) mass is 335 g/mol. The maximum Gasteiger partial charge on any atom is 0.269 e. The molecule has 0 saturated heterocycles. The first-order valence-corrected chi connectivity index (χ1v) is 8.08. The van der Waals surface area contributed by atoms with Crippen LogP contribution in [-0.4, -0.2) is 21.8 Å². The van der Waals surface area contributed by atoms with E-state index in [1.165, 1.54) is 17.2 Å². The van der Waals surface area contributed by atoms with E-state index in [0.717, 1.165) is 41.1 Å². The van der Waals surface area contributed by atoms with Crippen LogP contribution in [0.2, 0.25) is 0 Å². The second-order valence-electron chi connectivity index (χ2n) is 6.20. The Hall–Kier alpha value is -3.15. The van der Waals surface area contributed by atoms with Gasteiger partial charge < -0.3 is 4.74 Å². The number of methoxy groups -OCH3 is 1. The second kappa shape index (κ2) is 5.73. The highest BCUT2D eigenvalue weighted by molar-refractivity contribution is 5.70. The number of nitro groups is 1. The van der Waals surface area contributed by atoms with Crippen LogP contribution in [0, 0.1) is 17.0 Å². The minimum atomic E-state index is -0.380. The molecule has 0 atom stereocenters. The van der Waals surface area contributed by atoms with Crippen LogP contribution in [0.15, 0.2) is 42.6 Å². The zero-order valence-corrected chi connectivity index (χ0v) is 14.0. The van der Waals surface area contributed by atoms with Crippen molar-refractivity contribution in [2.45, 2.75) is 19.8 Å². The van der Waals surface area contributed by atoms with Crippen molar-refractivity contribution in [3.8, 4) is 22.7 Å². The summed E-state index contributed by atoms with van der Waals surface area (Å²) in [6, 6.07) is 10.9. The van der Waals surface area contributed by atoms with Gasteiger partial charge in [-0.25, -0.2) is 4.68 Å². The van der Waals surface area contributed by atoms with Gasteiger partial charge in [0.2, 0.25) is 0 Å². The minimum absolute atomic E-state index is 0.0932. The van der Waals surface area contributed by atoms with Gasteiger partial charge in [-0.15, -0.1) is 0 Å². The standard InChI is InChI=1S/C19H17N3O3/c1-12-9-15(22(23)24)5-8-18(12)21-11-14-4-3-13-10-16(25-2)6-7-17(13)19(14)20-21/h5-11H,3-4H2,1-2H3. The molecular formula is C19H17N3O3. The summed E-state index contributed by atoms with van der Waals surface area (Å²) < 4.78 is 7.13. The van der Waals surface area contributed by atoms with Gasteiger partial charge in [-0.1, -0.05) is 0 Å². The first-order chi connectivity index (χ1) is 12.1. The van der Waals surface area contributed by atoms with Crippen LogP contribution in [-0.2, 0) is 12.8 Å². The smallest absolute Gasteiger partial charge is 0.269 e. The first kappa shape index (κ1) is 15.4. The summed E-state index contributed by atoms with van der Waals surface area (Å²) in [6.45, 7) is 1.86. The average Bonchev–Trinajstić information content (AvgIpc) is 3.05. The lowest BCUT2D eigenvalue weighted by molar-refractivity contribution is -0.384. The average molecular weight is 335 g/mol. The van der Waals surface area contributed by atoms with E-state index < -0.39 is 0 Å². The van der Waals surface area contributed by atoms with Crippen molar-refractivity contribution in [1.82, 2.24) is 9.78 Å². The van der Waals surface area contributed by atoms with Gasteiger partial charge in [0.15, 0.2) is 0 Å². The Balaban J connectivity index is 1.78. The lowest BCUT2D eigenvalue weighted by Crippen LogP contribution is -2.03. The molecule has 0 unspecified atom stereocenters. The molecule has 25 heavy (non-hydrogen) atoms. The molecule has 4 rings (SSSR count). The van der Waals surface area contributed by atoms with E-state index in [1.54, 1.807) is 19.2 Å². The number of benzene rings is 2. The highest BCUT2D eigenvalue weighted by Gasteiger charge is 2.21. The summed E-state index contributed by atoms with van der Waals surface area (Å²) in [7, 11) is 1.67. The Kier molecular flexibility index (Phi) is 3.53. The lowest BCUT2D eigenvalue weighted by atomic mass is 9.90. The Morgan fingerprint density at radius 1 is 1.16 bits per heavy atom. The molecule has 1 aromatic heterocycles. The van der Waals surface area contributed by atoms with Crippen molar-refractivity contribution in [3.63, 3.8) is 0 Å². The molecule has 1 aliphatic carbocycles. The summed E-state index contributed by atoms with van der Waals surface area (Å²) in [5.74, 6) is 0.854. The van der Waals surface area contributed by atoms with Crippen molar-refractivity contribution in [2.24, 2.45) is 0 Å². The fraction of sp³-hybridized carbons (Fsp3) is 0.211. The maximum absolute atomic E-state index is 10.9. The van der Waals surface area contributed by atoms with E-state index in [9.17, 15) is 10.1 Å². The number of hydrogen-bond acceptors (Lipinski definition) is 4. The molecule has 126 valence electrons. The molecule has 3 aromatic rings. The van der Waals surface area contributed by atoms with Crippen molar-refractivity contribution in [2.75, 3.05) is 7.11 Å². The van der Waals surface area contributed by atoms with E-state index >= 15 is 0 Å². The number of aromatic nitrogens is 2. The van der Waals surface area contributed by atoms with Gasteiger partial charge in [0, 0.05) is 23.9 Å². The van der Waals surface area contributed by atoms with Crippen molar-refractivity contribution in [1.29, 1.82) is 0 Å². The van der Waals surface area contributed by atoms with E-state index in [4.69, 9.17) is 9.84 Å². The minimum Gasteiger partial charge on any atom is -0.497 e. The summed E-state index contributed by atoms with van der Waals surface area (Å²) >= 11 is 0. The Morgan fingerprint density at radius 3 is 2.68 bits per heavy atom. The Morgan fingerprint density at radius 2 is 1.96 bits per heavy atom. The van der Waals surface area contributed by atoms with Gasteiger partial charge in [0.25, 0.3) is 5.69 Å². The third kappa shape index (κ3) is 2.55. The molecule has 0 radical (unpaired) electrons. The van der Waals surface area contributed by atoms with E-state index in [0.29, 0.717) is 0 Å². The number of hydrogen-bond donors (Lipinski definition) is 0. The highest BCUT2D eigenvalue weighted by Crippen LogP contribution is 2.35. The molecule has 1 aliphatic rings. The van der Waals surface area contributed by atoms with Crippen LogP contribution in [0.3, 0.4) is 0 Å². The molecule has 1 heterocycles. The van der Waals surface area contributed by atoms with Crippen LogP contribution in [0.5, 0.6) is 5.75 Å². The van der Waals surface area contributed by atoms with Crippen LogP contribution in [0.1, 0.15) is 16.7 Å². The van der Waals surface area contributed by atoms with Gasteiger partial charge in [-0.2, -0.15) is 5.10 Å². The van der Waals surface area contributed by atoms with Crippen molar-refractivity contribution in [3.05, 3.63) is 69.4 Å². The number of fused-ring (bicyclic) bond motifs is 3. The van der Waals surface area contributed by atoms with Gasteiger partial charge in [0.1, 0.15) is 5.75 Å². The fourth-order valence-corrected chi connectivity index (χ4v) is 3.36. The van der Waals surface area contributed by atoms with Gasteiger partial charge in [0.05, 0.1) is 23.4 Å². The van der Waals surface area contributed by atoms with E-state index in [-0.39, 0.29) is 10.6 Å². The second-order valence-corrected chi connectivity index (χ2v) is 6.20. The van der Waals surface area contributed by atoms with Crippen LogP contribution in [0.4, 0.5) is 5.69 Å². The molecule has 0 N–H and O–H groups in total. The molecule has 0 spiro atoms. The zero-order valence-electron chi connectivity index (χ0n) is 14.0. The highest BCUT2D eigenvalue weighted by atomic mass is 16.6. The normalized spacial score (nSPS) is 12.4. The molecule has 0 fully saturated rings. The van der Waals surface area contributed by atoms with E-state index in [1.807, 2.05) is 29.9 Å². The van der Waals surface area contributed by atoms with E-state index in [2.05, 4.69) is 6.07 Å². The molecule has 6 heteroatoms. The largest absolute Gasteiger partial charge is 0.497 e. The molecule has 0 saturated carbocycles. The molecule has 2 aromatic carbocycles. The molecule has 0 amide bonds. The summed E-state index contributed by atoms with van der Waals surface area (Å²) in [6.07, 6.45) is 3.89. The number of nitrogens with zero attached hydrogens (tertiary/aromatic N) is 3. The summed E-state index contributed by atoms with van der Waals surface area (Å²) in [5, 5.41) is 15.7. The SMILES string of the molecule is COc1ccc2c(c1)CCc1cn(-c3ccc([N+](=O)[O-])cc3C)nc1-2. The van der Waals surface area contributed by atoms with Gasteiger partial charge in [-0.05, 0) is 60.7 Å². The number of aryl methyl sites for hydroxylation is 3. The maximum atomic E-state index is 10.9. The zero-order chi connectivity index (χ0) is 17.6. The van der Waals surface area contributed by atoms with Crippen molar-refractivity contribution >= 4 is 5.69 Å². The first-order valence-electron chi connectivity index (χ1n) is 8.08. The topological polar surface area (TPSA) is 70.2 Å². The third-order valence-corrected chi connectivity index (χ3v) is 4.66. The molecule has 6 nitrogen and oxygen atoms in total. The Labute approximate surface area is 144 Å². The molecule has 0 bridgehead atoms. The fourth-order valence-electron chi connectivity index (χ4n) is 3.36.